The Morgan fingerprint density at radius 1 is 1.22 bits per heavy atom. The van der Waals surface area contributed by atoms with E-state index in [0.29, 0.717) is 18.5 Å². The quantitative estimate of drug-likeness (QED) is 0.894. The average Bonchev–Trinajstić information content (AvgIpc) is 3.34. The van der Waals surface area contributed by atoms with E-state index in [1.165, 1.54) is 24.0 Å². The maximum absolute atomic E-state index is 12.7. The highest BCUT2D eigenvalue weighted by molar-refractivity contribution is 5.85. The van der Waals surface area contributed by atoms with E-state index in [9.17, 15) is 4.79 Å². The number of carbonyl (C=O) groups is 1. The first-order valence-electron chi connectivity index (χ1n) is 8.50. The van der Waals surface area contributed by atoms with Gasteiger partial charge in [0.2, 0.25) is 5.91 Å². The molecule has 0 atom stereocenters. The number of aryl methyl sites for hydroxylation is 1. The van der Waals surface area contributed by atoms with E-state index >= 15 is 0 Å². The van der Waals surface area contributed by atoms with Crippen LogP contribution in [-0.2, 0) is 11.3 Å². The minimum absolute atomic E-state index is 0. The van der Waals surface area contributed by atoms with E-state index in [1.54, 1.807) is 0 Å². The molecular formula is C18H28ClN3O. The number of hydrogen-bond donors (Lipinski definition) is 1. The van der Waals surface area contributed by atoms with Crippen molar-refractivity contribution in [2.45, 2.75) is 38.8 Å². The van der Waals surface area contributed by atoms with Crippen LogP contribution in [0.4, 0.5) is 0 Å². The molecule has 0 radical (unpaired) electrons. The second-order valence-electron chi connectivity index (χ2n) is 6.62. The van der Waals surface area contributed by atoms with Crippen molar-refractivity contribution in [3.05, 3.63) is 35.4 Å². The number of amides is 1. The number of hydrogen-bond acceptors (Lipinski definition) is 3. The molecule has 1 aromatic rings. The van der Waals surface area contributed by atoms with E-state index < -0.39 is 0 Å². The van der Waals surface area contributed by atoms with Gasteiger partial charge < -0.3 is 10.2 Å². The Labute approximate surface area is 145 Å². The molecule has 2 aliphatic rings. The lowest BCUT2D eigenvalue weighted by Crippen LogP contribution is -2.42. The lowest BCUT2D eigenvalue weighted by atomic mass is 10.1. The topological polar surface area (TPSA) is 35.6 Å². The molecule has 1 aromatic carbocycles. The molecule has 1 heterocycles. The Bertz CT molecular complexity index is 493. The molecule has 1 aliphatic carbocycles. The maximum atomic E-state index is 12.7. The van der Waals surface area contributed by atoms with Gasteiger partial charge in [-0.05, 0) is 44.8 Å². The highest BCUT2D eigenvalue weighted by atomic mass is 35.5. The molecule has 5 heteroatoms. The fourth-order valence-electron chi connectivity index (χ4n) is 3.04. The van der Waals surface area contributed by atoms with Crippen LogP contribution in [0.15, 0.2) is 24.3 Å². The molecule has 1 amide bonds. The summed E-state index contributed by atoms with van der Waals surface area (Å²) in [6.45, 7) is 7.51. The summed E-state index contributed by atoms with van der Waals surface area (Å²) in [5.74, 6) is 0.296. The molecule has 128 valence electrons. The van der Waals surface area contributed by atoms with Crippen molar-refractivity contribution < 1.29 is 4.79 Å². The van der Waals surface area contributed by atoms with Crippen LogP contribution in [0.2, 0.25) is 0 Å². The molecule has 3 rings (SSSR count). The smallest absolute Gasteiger partial charge is 0.237 e. The zero-order valence-electron chi connectivity index (χ0n) is 14.0. The van der Waals surface area contributed by atoms with Gasteiger partial charge in [-0.3, -0.25) is 9.69 Å². The number of halogens is 1. The molecular weight excluding hydrogens is 310 g/mol. The SMILES string of the molecule is Cc1ccc(CN(C(=O)CN2CCCNCC2)C2CC2)cc1.Cl. The molecule has 0 bridgehead atoms. The molecule has 0 unspecified atom stereocenters. The maximum Gasteiger partial charge on any atom is 0.237 e. The minimum Gasteiger partial charge on any atom is -0.334 e. The van der Waals surface area contributed by atoms with Crippen LogP contribution >= 0.6 is 12.4 Å². The monoisotopic (exact) mass is 337 g/mol. The Morgan fingerprint density at radius 3 is 2.65 bits per heavy atom. The van der Waals surface area contributed by atoms with Crippen molar-refractivity contribution >= 4 is 18.3 Å². The second kappa shape index (κ2) is 8.67. The van der Waals surface area contributed by atoms with Gasteiger partial charge in [-0.1, -0.05) is 29.8 Å². The first-order valence-corrected chi connectivity index (χ1v) is 8.50. The molecule has 1 saturated carbocycles. The van der Waals surface area contributed by atoms with Crippen LogP contribution in [0.1, 0.15) is 30.4 Å². The summed E-state index contributed by atoms with van der Waals surface area (Å²) in [5.41, 5.74) is 2.51. The number of rotatable bonds is 5. The summed E-state index contributed by atoms with van der Waals surface area (Å²) in [5, 5.41) is 3.39. The molecule has 1 saturated heterocycles. The van der Waals surface area contributed by atoms with Gasteiger partial charge in [0.15, 0.2) is 0 Å². The molecule has 4 nitrogen and oxygen atoms in total. The molecule has 0 aromatic heterocycles. The number of carbonyl (C=O) groups excluding carboxylic acids is 1. The Morgan fingerprint density at radius 2 is 1.96 bits per heavy atom. The normalized spacial score (nSPS) is 18.8. The van der Waals surface area contributed by atoms with Crippen LogP contribution < -0.4 is 5.32 Å². The van der Waals surface area contributed by atoms with E-state index in [2.05, 4.69) is 46.3 Å². The third-order valence-electron chi connectivity index (χ3n) is 4.57. The van der Waals surface area contributed by atoms with Crippen molar-refractivity contribution in [3.8, 4) is 0 Å². The number of nitrogens with zero attached hydrogens (tertiary/aromatic N) is 2. The molecule has 1 N–H and O–H groups in total. The largest absolute Gasteiger partial charge is 0.334 e. The fraction of sp³-hybridized carbons (Fsp3) is 0.611. The third-order valence-corrected chi connectivity index (χ3v) is 4.57. The zero-order chi connectivity index (χ0) is 15.4. The van der Waals surface area contributed by atoms with Gasteiger partial charge in [0, 0.05) is 25.7 Å². The minimum atomic E-state index is 0. The number of nitrogens with one attached hydrogen (secondary N) is 1. The zero-order valence-corrected chi connectivity index (χ0v) is 14.8. The van der Waals surface area contributed by atoms with E-state index in [-0.39, 0.29) is 12.4 Å². The fourth-order valence-corrected chi connectivity index (χ4v) is 3.04. The molecule has 23 heavy (non-hydrogen) atoms. The van der Waals surface area contributed by atoms with Crippen LogP contribution in [0, 0.1) is 6.92 Å². The predicted molar refractivity (Wildman–Crippen MR) is 95.9 cm³/mol. The van der Waals surface area contributed by atoms with Gasteiger partial charge in [-0.25, -0.2) is 0 Å². The van der Waals surface area contributed by atoms with E-state index in [1.807, 2.05) is 0 Å². The van der Waals surface area contributed by atoms with Crippen molar-refractivity contribution in [3.63, 3.8) is 0 Å². The van der Waals surface area contributed by atoms with Crippen LogP contribution in [0.5, 0.6) is 0 Å². The van der Waals surface area contributed by atoms with Crippen LogP contribution in [0.3, 0.4) is 0 Å². The van der Waals surface area contributed by atoms with Crippen LogP contribution in [-0.4, -0.2) is 54.5 Å². The van der Waals surface area contributed by atoms with Crippen LogP contribution in [0.25, 0.3) is 0 Å². The molecule has 1 aliphatic heterocycles. The molecule has 0 spiro atoms. The third kappa shape index (κ3) is 5.48. The Hall–Kier alpha value is -1.10. The predicted octanol–water partition coefficient (Wildman–Crippen LogP) is 2.20. The lowest BCUT2D eigenvalue weighted by Gasteiger charge is -2.27. The van der Waals surface area contributed by atoms with E-state index in [4.69, 9.17) is 0 Å². The second-order valence-corrected chi connectivity index (χ2v) is 6.62. The summed E-state index contributed by atoms with van der Waals surface area (Å²) < 4.78 is 0. The Kier molecular flexibility index (Phi) is 6.88. The van der Waals surface area contributed by atoms with E-state index in [0.717, 1.165) is 39.1 Å². The van der Waals surface area contributed by atoms with Gasteiger partial charge in [0.1, 0.15) is 0 Å². The van der Waals surface area contributed by atoms with Gasteiger partial charge in [-0.15, -0.1) is 12.4 Å². The standard InChI is InChI=1S/C18H27N3O.ClH/c1-15-3-5-16(6-4-15)13-21(17-7-8-17)18(22)14-20-11-2-9-19-10-12-20;/h3-6,17,19H,2,7-14H2,1H3;1H. The van der Waals surface area contributed by atoms with Gasteiger partial charge in [0.05, 0.1) is 6.54 Å². The van der Waals surface area contributed by atoms with Gasteiger partial charge >= 0.3 is 0 Å². The van der Waals surface area contributed by atoms with Gasteiger partial charge in [0.25, 0.3) is 0 Å². The van der Waals surface area contributed by atoms with Crippen molar-refractivity contribution in [2.24, 2.45) is 0 Å². The van der Waals surface area contributed by atoms with Crippen molar-refractivity contribution in [1.82, 2.24) is 15.1 Å². The highest BCUT2D eigenvalue weighted by Crippen LogP contribution is 2.28. The van der Waals surface area contributed by atoms with Crippen molar-refractivity contribution in [1.29, 1.82) is 0 Å². The first-order chi connectivity index (χ1) is 10.7. The molecule has 2 fully saturated rings. The number of benzene rings is 1. The lowest BCUT2D eigenvalue weighted by molar-refractivity contribution is -0.133. The summed E-state index contributed by atoms with van der Waals surface area (Å²) >= 11 is 0. The average molecular weight is 338 g/mol. The summed E-state index contributed by atoms with van der Waals surface area (Å²) in [7, 11) is 0. The van der Waals surface area contributed by atoms with Gasteiger partial charge in [-0.2, -0.15) is 0 Å². The first kappa shape index (κ1) is 18.2. The summed E-state index contributed by atoms with van der Waals surface area (Å²) in [4.78, 5) is 17.1. The summed E-state index contributed by atoms with van der Waals surface area (Å²) in [6, 6.07) is 9.03. The summed E-state index contributed by atoms with van der Waals surface area (Å²) in [6.07, 6.45) is 3.47. The highest BCUT2D eigenvalue weighted by Gasteiger charge is 2.33. The van der Waals surface area contributed by atoms with Crippen molar-refractivity contribution in [2.75, 3.05) is 32.7 Å². The Balaban J connectivity index is 0.00000192.